The van der Waals surface area contributed by atoms with Crippen LogP contribution < -0.4 is 0 Å². The van der Waals surface area contributed by atoms with Crippen LogP contribution in [0.5, 0.6) is 0 Å². The summed E-state index contributed by atoms with van der Waals surface area (Å²) in [7, 11) is 0. The minimum atomic E-state index is -0.827. The molecule has 0 aromatic heterocycles. The van der Waals surface area contributed by atoms with E-state index in [9.17, 15) is 19.2 Å². The topological polar surface area (TPSA) is 112 Å². The molecule has 1 aliphatic heterocycles. The van der Waals surface area contributed by atoms with Gasteiger partial charge in [0.25, 0.3) is 11.8 Å². The van der Waals surface area contributed by atoms with E-state index in [1.54, 1.807) is 0 Å². The summed E-state index contributed by atoms with van der Waals surface area (Å²) >= 11 is 0. The van der Waals surface area contributed by atoms with Crippen LogP contribution in [0.4, 0.5) is 0 Å². The Morgan fingerprint density at radius 2 is 1.73 bits per heavy atom. The Bertz CT molecular complexity index is 1040. The van der Waals surface area contributed by atoms with Crippen molar-refractivity contribution in [3.8, 4) is 0 Å². The number of oxime groups is 1. The standard InChI is InChI=1S/C28H38N2O7/c1-4-25(33)36-22-8-7-20-19-6-5-17-15-18(11-13-27(17,2)21(19)12-14-28(20,22)3)29-35-16-26(34)37-30-23(31)9-10-24(30)32/h15,19-22H,4-14,16H2,1-3H3/b29-18-/t19-,20-,21-,22+,27+,28+/m1/s1. The molecular formula is C28H38N2O7. The number of carbonyl (C=O) groups excluding carboxylic acids is 4. The molecule has 2 amide bonds. The Morgan fingerprint density at radius 1 is 0.973 bits per heavy atom. The van der Waals surface area contributed by atoms with Gasteiger partial charge in [-0.3, -0.25) is 14.4 Å². The maximum Gasteiger partial charge on any atom is 0.373 e. The highest BCUT2D eigenvalue weighted by Crippen LogP contribution is 2.65. The number of carbonyl (C=O) groups is 4. The van der Waals surface area contributed by atoms with E-state index in [1.807, 2.05) is 6.92 Å². The molecule has 37 heavy (non-hydrogen) atoms. The number of rotatable bonds is 6. The van der Waals surface area contributed by atoms with Gasteiger partial charge in [0.05, 0.1) is 5.71 Å². The molecule has 4 fully saturated rings. The second-order valence-corrected chi connectivity index (χ2v) is 11.9. The van der Waals surface area contributed by atoms with Crippen molar-refractivity contribution in [3.63, 3.8) is 0 Å². The van der Waals surface area contributed by atoms with Crippen molar-refractivity contribution in [3.05, 3.63) is 11.6 Å². The maximum absolute atomic E-state index is 12.0. The third kappa shape index (κ3) is 4.59. The van der Waals surface area contributed by atoms with Crippen LogP contribution in [-0.4, -0.2) is 47.2 Å². The molecule has 0 aromatic rings. The zero-order valence-electron chi connectivity index (χ0n) is 22.1. The van der Waals surface area contributed by atoms with Gasteiger partial charge in [0.2, 0.25) is 6.61 Å². The summed E-state index contributed by atoms with van der Waals surface area (Å²) in [5.41, 5.74) is 2.42. The second kappa shape index (κ2) is 9.87. The number of hydrogen-bond acceptors (Lipinski definition) is 8. The summed E-state index contributed by atoms with van der Waals surface area (Å²) in [6, 6.07) is 0. The number of nitrogens with zero attached hydrogens (tertiary/aromatic N) is 2. The van der Waals surface area contributed by atoms with Crippen LogP contribution in [-0.2, 0) is 33.6 Å². The van der Waals surface area contributed by atoms with Gasteiger partial charge in [-0.15, -0.1) is 5.06 Å². The Labute approximate surface area is 217 Å². The fraction of sp³-hybridized carbons (Fsp3) is 0.750. The number of allylic oxidation sites excluding steroid dienone is 2. The van der Waals surface area contributed by atoms with Crippen molar-refractivity contribution in [1.29, 1.82) is 0 Å². The summed E-state index contributed by atoms with van der Waals surface area (Å²) in [6.45, 7) is 6.16. The molecule has 0 bridgehead atoms. The molecule has 202 valence electrons. The lowest BCUT2D eigenvalue weighted by Gasteiger charge is -2.58. The quantitative estimate of drug-likeness (QED) is 0.296. The molecule has 1 heterocycles. The molecule has 6 atom stereocenters. The average molecular weight is 515 g/mol. The Balaban J connectivity index is 1.21. The van der Waals surface area contributed by atoms with Gasteiger partial charge in [0, 0.05) is 24.7 Å². The van der Waals surface area contributed by atoms with Crippen molar-refractivity contribution in [1.82, 2.24) is 5.06 Å². The van der Waals surface area contributed by atoms with Crippen molar-refractivity contribution in [2.45, 2.75) is 97.5 Å². The van der Waals surface area contributed by atoms with Gasteiger partial charge in [-0.05, 0) is 80.6 Å². The number of imide groups is 1. The second-order valence-electron chi connectivity index (χ2n) is 11.9. The van der Waals surface area contributed by atoms with E-state index in [4.69, 9.17) is 14.4 Å². The lowest BCUT2D eigenvalue weighted by molar-refractivity contribution is -0.200. The van der Waals surface area contributed by atoms with Crippen LogP contribution >= 0.6 is 0 Å². The van der Waals surface area contributed by atoms with E-state index < -0.39 is 24.4 Å². The minimum Gasteiger partial charge on any atom is -0.462 e. The number of hydroxylamine groups is 2. The van der Waals surface area contributed by atoms with Gasteiger partial charge in [-0.1, -0.05) is 31.5 Å². The van der Waals surface area contributed by atoms with Crippen molar-refractivity contribution < 1.29 is 33.6 Å². The van der Waals surface area contributed by atoms with Crippen LogP contribution in [0.1, 0.15) is 91.4 Å². The van der Waals surface area contributed by atoms with Gasteiger partial charge in [0.15, 0.2) is 0 Å². The summed E-state index contributed by atoms with van der Waals surface area (Å²) in [5, 5.41) is 4.69. The lowest BCUT2D eigenvalue weighted by Crippen LogP contribution is -2.51. The normalized spacial score (nSPS) is 38.0. The van der Waals surface area contributed by atoms with E-state index >= 15 is 0 Å². The number of hydrogen-bond donors (Lipinski definition) is 0. The molecule has 9 heteroatoms. The third-order valence-electron chi connectivity index (χ3n) is 10.0. The van der Waals surface area contributed by atoms with Gasteiger partial charge >= 0.3 is 11.9 Å². The van der Waals surface area contributed by atoms with Gasteiger partial charge < -0.3 is 14.4 Å². The third-order valence-corrected chi connectivity index (χ3v) is 10.0. The molecule has 0 aromatic carbocycles. The number of ether oxygens (including phenoxy) is 1. The molecule has 4 aliphatic carbocycles. The Kier molecular flexibility index (Phi) is 6.92. The summed E-state index contributed by atoms with van der Waals surface area (Å²) in [6.07, 6.45) is 11.0. The molecule has 0 N–H and O–H groups in total. The van der Waals surface area contributed by atoms with Crippen LogP contribution in [0.3, 0.4) is 0 Å². The number of esters is 1. The molecule has 0 spiro atoms. The minimum absolute atomic E-state index is 0.0475. The predicted molar refractivity (Wildman–Crippen MR) is 132 cm³/mol. The lowest BCUT2D eigenvalue weighted by atomic mass is 9.47. The van der Waals surface area contributed by atoms with E-state index in [0.717, 1.165) is 57.1 Å². The fourth-order valence-corrected chi connectivity index (χ4v) is 7.98. The highest BCUT2D eigenvalue weighted by Gasteiger charge is 2.59. The van der Waals surface area contributed by atoms with Gasteiger partial charge in [0.1, 0.15) is 6.10 Å². The van der Waals surface area contributed by atoms with Crippen LogP contribution in [0.15, 0.2) is 16.8 Å². The molecule has 0 unspecified atom stereocenters. The highest BCUT2D eigenvalue weighted by atomic mass is 16.7. The average Bonchev–Trinajstić information content (AvgIpc) is 3.37. The van der Waals surface area contributed by atoms with Gasteiger partial charge in [-0.2, -0.15) is 0 Å². The first kappa shape index (κ1) is 25.9. The van der Waals surface area contributed by atoms with Gasteiger partial charge in [-0.25, -0.2) is 4.79 Å². The van der Waals surface area contributed by atoms with Crippen LogP contribution in [0.2, 0.25) is 0 Å². The number of fused-ring (bicyclic) bond motifs is 5. The molecule has 1 saturated heterocycles. The van der Waals surface area contributed by atoms with E-state index in [2.05, 4.69) is 25.1 Å². The molecule has 3 saturated carbocycles. The molecule has 5 rings (SSSR count). The van der Waals surface area contributed by atoms with Crippen molar-refractivity contribution in [2.24, 2.45) is 33.7 Å². The molecular weight excluding hydrogens is 476 g/mol. The monoisotopic (exact) mass is 514 g/mol. The summed E-state index contributed by atoms with van der Waals surface area (Å²) < 4.78 is 5.91. The fourth-order valence-electron chi connectivity index (χ4n) is 7.98. The predicted octanol–water partition coefficient (Wildman–Crippen LogP) is 4.25. The molecule has 0 radical (unpaired) electrons. The Hall–Kier alpha value is -2.71. The van der Waals surface area contributed by atoms with E-state index in [-0.39, 0.29) is 35.7 Å². The summed E-state index contributed by atoms with van der Waals surface area (Å²) in [4.78, 5) is 57.3. The zero-order valence-corrected chi connectivity index (χ0v) is 22.1. The summed E-state index contributed by atoms with van der Waals surface area (Å²) in [5.74, 6) is -0.0951. The van der Waals surface area contributed by atoms with Crippen LogP contribution in [0.25, 0.3) is 0 Å². The Morgan fingerprint density at radius 3 is 2.46 bits per heavy atom. The van der Waals surface area contributed by atoms with E-state index in [1.165, 1.54) is 5.57 Å². The highest BCUT2D eigenvalue weighted by molar-refractivity contribution is 6.01. The largest absolute Gasteiger partial charge is 0.462 e. The van der Waals surface area contributed by atoms with E-state index in [0.29, 0.717) is 29.2 Å². The van der Waals surface area contributed by atoms with Crippen molar-refractivity contribution >= 4 is 29.5 Å². The van der Waals surface area contributed by atoms with Crippen LogP contribution in [0, 0.1) is 28.6 Å². The number of amides is 2. The first-order valence-electron chi connectivity index (χ1n) is 13.8. The maximum atomic E-state index is 12.0. The van der Waals surface area contributed by atoms with Crippen molar-refractivity contribution in [2.75, 3.05) is 6.61 Å². The first-order chi connectivity index (χ1) is 17.7. The zero-order chi connectivity index (χ0) is 26.4. The smallest absolute Gasteiger partial charge is 0.373 e. The molecule has 9 nitrogen and oxygen atoms in total. The SMILES string of the molecule is CCC(=O)O[C@H]1CC[C@@H]2[C@H]3CCC4=C/C(=N\OCC(=O)ON5C(=O)CCC5=O)CC[C@]4(C)[C@@H]3CC[C@]12C. The first-order valence-corrected chi connectivity index (χ1v) is 13.8. The molecule has 5 aliphatic rings.